The lowest BCUT2D eigenvalue weighted by molar-refractivity contribution is 0.0792. The molecule has 21 heavy (non-hydrogen) atoms. The van der Waals surface area contributed by atoms with Crippen LogP contribution in [0.15, 0.2) is 24.3 Å². The van der Waals surface area contributed by atoms with Crippen LogP contribution in [0.1, 0.15) is 36.8 Å². The van der Waals surface area contributed by atoms with E-state index in [9.17, 15) is 0 Å². The Morgan fingerprint density at radius 2 is 2.00 bits per heavy atom. The maximum absolute atomic E-state index is 5.74. The van der Waals surface area contributed by atoms with Crippen LogP contribution in [0.25, 0.3) is 0 Å². The minimum atomic E-state index is 0.443. The molecule has 3 nitrogen and oxygen atoms in total. The van der Waals surface area contributed by atoms with Crippen molar-refractivity contribution in [2.75, 3.05) is 26.7 Å². The second-order valence-corrected chi connectivity index (χ2v) is 6.58. The maximum atomic E-state index is 5.74. The Morgan fingerprint density at radius 1 is 1.19 bits per heavy atom. The summed E-state index contributed by atoms with van der Waals surface area (Å²) in [5.41, 5.74) is 2.96. The largest absolute Gasteiger partial charge is 0.377 e. The summed E-state index contributed by atoms with van der Waals surface area (Å²) < 4.78 is 5.74. The molecule has 1 atom stereocenters. The van der Waals surface area contributed by atoms with E-state index in [2.05, 4.69) is 41.5 Å². The van der Waals surface area contributed by atoms with Crippen molar-refractivity contribution in [3.05, 3.63) is 35.4 Å². The number of likely N-dealkylation sites (N-methyl/N-ethyl adjacent to an activating group) is 1. The minimum absolute atomic E-state index is 0.443. The first-order valence-electron chi connectivity index (χ1n) is 8.41. The number of rotatable bonds is 8. The molecule has 1 aliphatic heterocycles. The normalized spacial score (nSPS) is 22.1. The summed E-state index contributed by atoms with van der Waals surface area (Å²) in [7, 11) is 2.21. The molecule has 3 heteroatoms. The van der Waals surface area contributed by atoms with Gasteiger partial charge < -0.3 is 10.1 Å². The Balaban J connectivity index is 1.50. The molecule has 1 saturated heterocycles. The lowest BCUT2D eigenvalue weighted by atomic mass is 10.0. The quantitative estimate of drug-likeness (QED) is 0.796. The van der Waals surface area contributed by atoms with Crippen LogP contribution >= 0.6 is 0 Å². The highest BCUT2D eigenvalue weighted by molar-refractivity contribution is 5.27. The number of nitrogens with zero attached hydrogens (tertiary/aromatic N) is 1. The average Bonchev–Trinajstić information content (AvgIpc) is 3.16. The SMILES string of the molecule is CN(Cc1ccccc1CCNC1CC1)CC1CCCO1. The van der Waals surface area contributed by atoms with Gasteiger partial charge in [0.2, 0.25) is 0 Å². The van der Waals surface area contributed by atoms with Crippen LogP contribution in [-0.2, 0) is 17.7 Å². The van der Waals surface area contributed by atoms with E-state index < -0.39 is 0 Å². The van der Waals surface area contributed by atoms with Gasteiger partial charge in [-0.05, 0) is 56.8 Å². The fraction of sp³-hybridized carbons (Fsp3) is 0.667. The average molecular weight is 288 g/mol. The molecule has 0 radical (unpaired) electrons. The Labute approximate surface area is 128 Å². The van der Waals surface area contributed by atoms with E-state index in [1.165, 1.54) is 36.8 Å². The molecule has 1 saturated carbocycles. The fourth-order valence-corrected chi connectivity index (χ4v) is 3.15. The van der Waals surface area contributed by atoms with Crippen molar-refractivity contribution in [2.45, 2.75) is 50.8 Å². The Hall–Kier alpha value is -0.900. The number of ether oxygens (including phenoxy) is 1. The summed E-state index contributed by atoms with van der Waals surface area (Å²) in [5, 5.41) is 3.61. The van der Waals surface area contributed by atoms with E-state index in [4.69, 9.17) is 4.74 Å². The van der Waals surface area contributed by atoms with Crippen molar-refractivity contribution < 1.29 is 4.74 Å². The zero-order chi connectivity index (χ0) is 14.5. The van der Waals surface area contributed by atoms with Gasteiger partial charge in [-0.15, -0.1) is 0 Å². The lowest BCUT2D eigenvalue weighted by Crippen LogP contribution is -2.29. The van der Waals surface area contributed by atoms with Gasteiger partial charge in [0.25, 0.3) is 0 Å². The third-order valence-corrected chi connectivity index (χ3v) is 4.50. The molecule has 3 rings (SSSR count). The summed E-state index contributed by atoms with van der Waals surface area (Å²) >= 11 is 0. The van der Waals surface area contributed by atoms with Crippen molar-refractivity contribution in [1.82, 2.24) is 10.2 Å². The molecular weight excluding hydrogens is 260 g/mol. The molecule has 0 aromatic heterocycles. The van der Waals surface area contributed by atoms with Gasteiger partial charge in [-0.1, -0.05) is 24.3 Å². The van der Waals surface area contributed by atoms with Gasteiger partial charge in [0.1, 0.15) is 0 Å². The number of benzene rings is 1. The zero-order valence-corrected chi connectivity index (χ0v) is 13.2. The van der Waals surface area contributed by atoms with E-state index in [0.717, 1.165) is 38.7 Å². The first-order chi connectivity index (χ1) is 10.3. The summed E-state index contributed by atoms with van der Waals surface area (Å²) in [6.07, 6.45) is 6.76. The molecule has 0 amide bonds. The van der Waals surface area contributed by atoms with Gasteiger partial charge >= 0.3 is 0 Å². The zero-order valence-electron chi connectivity index (χ0n) is 13.2. The van der Waals surface area contributed by atoms with Crippen LogP contribution in [0.5, 0.6) is 0 Å². The van der Waals surface area contributed by atoms with E-state index in [1.54, 1.807) is 0 Å². The summed E-state index contributed by atoms with van der Waals surface area (Å²) in [4.78, 5) is 2.41. The van der Waals surface area contributed by atoms with Gasteiger partial charge in [0, 0.05) is 25.7 Å². The fourth-order valence-electron chi connectivity index (χ4n) is 3.15. The molecule has 1 aromatic carbocycles. The van der Waals surface area contributed by atoms with Crippen molar-refractivity contribution in [1.29, 1.82) is 0 Å². The van der Waals surface area contributed by atoms with Crippen LogP contribution in [0.3, 0.4) is 0 Å². The second-order valence-electron chi connectivity index (χ2n) is 6.58. The van der Waals surface area contributed by atoms with Crippen LogP contribution < -0.4 is 5.32 Å². The Kier molecular flexibility index (Phi) is 5.28. The highest BCUT2D eigenvalue weighted by Gasteiger charge is 2.20. The smallest absolute Gasteiger partial charge is 0.0702 e. The topological polar surface area (TPSA) is 24.5 Å². The highest BCUT2D eigenvalue weighted by atomic mass is 16.5. The Bertz CT molecular complexity index is 439. The van der Waals surface area contributed by atoms with E-state index in [-0.39, 0.29) is 0 Å². The standard InChI is InChI=1S/C18H28N2O/c1-20(14-18-7-4-12-21-18)13-16-6-3-2-5-15(16)10-11-19-17-8-9-17/h2-3,5-6,17-19H,4,7-14H2,1H3. The van der Waals surface area contributed by atoms with Gasteiger partial charge in [0.05, 0.1) is 6.10 Å². The lowest BCUT2D eigenvalue weighted by Gasteiger charge is -2.22. The molecule has 1 aromatic rings. The summed E-state index contributed by atoms with van der Waals surface area (Å²) in [6, 6.07) is 9.69. The maximum Gasteiger partial charge on any atom is 0.0702 e. The predicted molar refractivity (Wildman–Crippen MR) is 86.5 cm³/mol. The minimum Gasteiger partial charge on any atom is -0.377 e. The molecular formula is C18H28N2O. The van der Waals surface area contributed by atoms with E-state index in [1.807, 2.05) is 0 Å². The monoisotopic (exact) mass is 288 g/mol. The van der Waals surface area contributed by atoms with Gasteiger partial charge in [-0.25, -0.2) is 0 Å². The third kappa shape index (κ3) is 4.80. The molecule has 1 N–H and O–H groups in total. The van der Waals surface area contributed by atoms with Crippen LogP contribution in [0.4, 0.5) is 0 Å². The van der Waals surface area contributed by atoms with Crippen molar-refractivity contribution in [3.8, 4) is 0 Å². The molecule has 0 spiro atoms. The van der Waals surface area contributed by atoms with Crippen LogP contribution in [0.2, 0.25) is 0 Å². The molecule has 2 aliphatic rings. The number of nitrogens with one attached hydrogen (secondary N) is 1. The number of hydrogen-bond donors (Lipinski definition) is 1. The van der Waals surface area contributed by atoms with E-state index in [0.29, 0.717) is 6.10 Å². The molecule has 2 fully saturated rings. The first kappa shape index (κ1) is 15.0. The van der Waals surface area contributed by atoms with Gasteiger partial charge in [-0.2, -0.15) is 0 Å². The molecule has 1 heterocycles. The van der Waals surface area contributed by atoms with Crippen molar-refractivity contribution in [2.24, 2.45) is 0 Å². The predicted octanol–water partition coefficient (Wildman–Crippen LogP) is 2.59. The van der Waals surface area contributed by atoms with Crippen molar-refractivity contribution in [3.63, 3.8) is 0 Å². The van der Waals surface area contributed by atoms with Crippen LogP contribution in [-0.4, -0.2) is 43.8 Å². The van der Waals surface area contributed by atoms with E-state index >= 15 is 0 Å². The molecule has 1 unspecified atom stereocenters. The Morgan fingerprint density at radius 3 is 2.71 bits per heavy atom. The van der Waals surface area contributed by atoms with Crippen molar-refractivity contribution >= 4 is 0 Å². The third-order valence-electron chi connectivity index (χ3n) is 4.50. The van der Waals surface area contributed by atoms with Crippen LogP contribution in [0, 0.1) is 0 Å². The molecule has 116 valence electrons. The summed E-state index contributed by atoms with van der Waals surface area (Å²) in [5.74, 6) is 0. The summed E-state index contributed by atoms with van der Waals surface area (Å²) in [6.45, 7) is 4.13. The van der Waals surface area contributed by atoms with Gasteiger partial charge in [-0.3, -0.25) is 4.90 Å². The number of hydrogen-bond acceptors (Lipinski definition) is 3. The second kappa shape index (κ2) is 7.39. The highest BCUT2D eigenvalue weighted by Crippen LogP contribution is 2.19. The molecule has 0 bridgehead atoms. The molecule has 1 aliphatic carbocycles. The first-order valence-corrected chi connectivity index (χ1v) is 8.41. The van der Waals surface area contributed by atoms with Gasteiger partial charge in [0.15, 0.2) is 0 Å².